The molecule has 0 aliphatic carbocycles. The third-order valence-corrected chi connectivity index (χ3v) is 3.89. The van der Waals surface area contributed by atoms with Crippen molar-refractivity contribution in [1.29, 1.82) is 0 Å². The predicted octanol–water partition coefficient (Wildman–Crippen LogP) is 3.86. The Hall–Kier alpha value is -0.860. The molecular weight excluding hydrogens is 234 g/mol. The van der Waals surface area contributed by atoms with Crippen LogP contribution in [-0.4, -0.2) is 19.3 Å². The zero-order chi connectivity index (χ0) is 13.5. The van der Waals surface area contributed by atoms with Crippen molar-refractivity contribution < 1.29 is 4.74 Å². The number of hydrogen-bond acceptors (Lipinski definition) is 2. The molecule has 2 rings (SSSR count). The lowest BCUT2D eigenvalue weighted by molar-refractivity contribution is 0.0115. The van der Waals surface area contributed by atoms with Crippen molar-refractivity contribution in [2.75, 3.05) is 13.2 Å². The minimum Gasteiger partial charge on any atom is -0.378 e. The van der Waals surface area contributed by atoms with Crippen LogP contribution in [0.5, 0.6) is 0 Å². The maximum Gasteiger partial charge on any atom is 0.0587 e. The molecule has 2 nitrogen and oxygen atoms in total. The number of benzene rings is 1. The van der Waals surface area contributed by atoms with Gasteiger partial charge in [-0.15, -0.1) is 0 Å². The lowest BCUT2D eigenvalue weighted by Crippen LogP contribution is -2.25. The van der Waals surface area contributed by atoms with E-state index in [-0.39, 0.29) is 0 Å². The summed E-state index contributed by atoms with van der Waals surface area (Å²) >= 11 is 0. The van der Waals surface area contributed by atoms with Crippen LogP contribution in [0.2, 0.25) is 0 Å². The van der Waals surface area contributed by atoms with Crippen LogP contribution in [-0.2, 0) is 11.3 Å². The molecular formula is C17H27NO. The van der Waals surface area contributed by atoms with Crippen molar-refractivity contribution >= 4 is 0 Å². The van der Waals surface area contributed by atoms with Crippen molar-refractivity contribution in [2.24, 2.45) is 0 Å². The van der Waals surface area contributed by atoms with E-state index in [1.165, 1.54) is 30.4 Å². The quantitative estimate of drug-likeness (QED) is 0.785. The molecule has 1 aromatic rings. The van der Waals surface area contributed by atoms with Gasteiger partial charge in [0.15, 0.2) is 0 Å². The van der Waals surface area contributed by atoms with E-state index in [0.717, 1.165) is 26.1 Å². The van der Waals surface area contributed by atoms with Gasteiger partial charge in [0.05, 0.1) is 6.10 Å². The van der Waals surface area contributed by atoms with Crippen molar-refractivity contribution in [3.63, 3.8) is 0 Å². The molecule has 0 saturated carbocycles. The highest BCUT2D eigenvalue weighted by Crippen LogP contribution is 2.16. The topological polar surface area (TPSA) is 21.3 Å². The Bertz CT molecular complexity index is 352. The molecule has 106 valence electrons. The predicted molar refractivity (Wildman–Crippen MR) is 80.4 cm³/mol. The maximum absolute atomic E-state index is 5.73. The van der Waals surface area contributed by atoms with E-state index >= 15 is 0 Å². The Morgan fingerprint density at radius 1 is 1.21 bits per heavy atom. The monoisotopic (exact) mass is 261 g/mol. The number of rotatable bonds is 6. The van der Waals surface area contributed by atoms with Crippen LogP contribution in [0.3, 0.4) is 0 Å². The summed E-state index contributed by atoms with van der Waals surface area (Å²) < 4.78 is 5.73. The number of nitrogens with one attached hydrogen (secondary N) is 1. The fraction of sp³-hybridized carbons (Fsp3) is 0.647. The van der Waals surface area contributed by atoms with Gasteiger partial charge in [-0.25, -0.2) is 0 Å². The third-order valence-electron chi connectivity index (χ3n) is 3.89. The first-order valence-corrected chi connectivity index (χ1v) is 7.67. The lowest BCUT2D eigenvalue weighted by atomic mass is 10.0. The Morgan fingerprint density at radius 3 is 2.63 bits per heavy atom. The van der Waals surface area contributed by atoms with Crippen LogP contribution < -0.4 is 5.32 Å². The second-order valence-corrected chi connectivity index (χ2v) is 5.85. The van der Waals surface area contributed by atoms with E-state index in [1.807, 2.05) is 0 Å². The molecule has 0 radical (unpaired) electrons. The van der Waals surface area contributed by atoms with E-state index in [2.05, 4.69) is 43.4 Å². The van der Waals surface area contributed by atoms with Crippen LogP contribution in [0.25, 0.3) is 0 Å². The van der Waals surface area contributed by atoms with Gasteiger partial charge >= 0.3 is 0 Å². The molecule has 0 amide bonds. The molecule has 1 heterocycles. The van der Waals surface area contributed by atoms with Gasteiger partial charge in [-0.1, -0.05) is 38.1 Å². The molecule has 1 aliphatic heterocycles. The van der Waals surface area contributed by atoms with Crippen LogP contribution in [0.1, 0.15) is 56.6 Å². The average Bonchev–Trinajstić information content (AvgIpc) is 2.45. The highest BCUT2D eigenvalue weighted by Gasteiger charge is 2.12. The first-order valence-electron chi connectivity index (χ1n) is 7.67. The summed E-state index contributed by atoms with van der Waals surface area (Å²) in [4.78, 5) is 0. The summed E-state index contributed by atoms with van der Waals surface area (Å²) in [7, 11) is 0. The number of hydrogen-bond donors (Lipinski definition) is 1. The van der Waals surface area contributed by atoms with E-state index in [9.17, 15) is 0 Å². The Balaban J connectivity index is 1.64. The molecule has 2 heteroatoms. The zero-order valence-electron chi connectivity index (χ0n) is 12.3. The maximum atomic E-state index is 5.73. The Morgan fingerprint density at radius 2 is 2.00 bits per heavy atom. The van der Waals surface area contributed by atoms with Gasteiger partial charge in [0.25, 0.3) is 0 Å². The van der Waals surface area contributed by atoms with E-state index < -0.39 is 0 Å². The minimum atomic E-state index is 0.490. The molecule has 1 unspecified atom stereocenters. The van der Waals surface area contributed by atoms with Crippen LogP contribution in [0.15, 0.2) is 24.3 Å². The van der Waals surface area contributed by atoms with Crippen molar-refractivity contribution in [1.82, 2.24) is 5.32 Å². The van der Waals surface area contributed by atoms with Gasteiger partial charge in [0.2, 0.25) is 0 Å². The molecule has 0 bridgehead atoms. The summed E-state index contributed by atoms with van der Waals surface area (Å²) in [6, 6.07) is 8.96. The van der Waals surface area contributed by atoms with Gasteiger partial charge in [-0.2, -0.15) is 0 Å². The van der Waals surface area contributed by atoms with Crippen molar-refractivity contribution in [3.8, 4) is 0 Å². The van der Waals surface area contributed by atoms with Gasteiger partial charge in [0, 0.05) is 13.2 Å². The minimum absolute atomic E-state index is 0.490. The molecule has 0 spiro atoms. The van der Waals surface area contributed by atoms with Crippen molar-refractivity contribution in [3.05, 3.63) is 35.4 Å². The lowest BCUT2D eigenvalue weighted by Gasteiger charge is -2.22. The summed E-state index contributed by atoms with van der Waals surface area (Å²) in [5.41, 5.74) is 2.79. The normalized spacial score (nSPS) is 19.8. The molecule has 1 aromatic carbocycles. The standard InChI is InChI=1S/C17H27NO/c1-14(2)16-8-6-15(7-9-16)13-18-11-10-17-5-3-4-12-19-17/h6-9,14,17-18H,3-5,10-13H2,1-2H3. The van der Waals surface area contributed by atoms with E-state index in [4.69, 9.17) is 4.74 Å². The molecule has 19 heavy (non-hydrogen) atoms. The molecule has 1 fully saturated rings. The number of ether oxygens (including phenoxy) is 1. The Kier molecular flexibility index (Phi) is 5.87. The van der Waals surface area contributed by atoms with E-state index in [1.54, 1.807) is 0 Å². The van der Waals surface area contributed by atoms with Gasteiger partial charge in [-0.05, 0) is 49.3 Å². The fourth-order valence-electron chi connectivity index (χ4n) is 2.55. The fourth-order valence-corrected chi connectivity index (χ4v) is 2.55. The first-order chi connectivity index (χ1) is 9.25. The van der Waals surface area contributed by atoms with Gasteiger partial charge in [0.1, 0.15) is 0 Å². The van der Waals surface area contributed by atoms with E-state index in [0.29, 0.717) is 12.0 Å². The smallest absolute Gasteiger partial charge is 0.0587 e. The molecule has 1 saturated heterocycles. The highest BCUT2D eigenvalue weighted by molar-refractivity contribution is 5.24. The van der Waals surface area contributed by atoms with Crippen LogP contribution in [0, 0.1) is 0 Å². The second kappa shape index (κ2) is 7.66. The van der Waals surface area contributed by atoms with Gasteiger partial charge in [-0.3, -0.25) is 0 Å². The summed E-state index contributed by atoms with van der Waals surface area (Å²) in [5.74, 6) is 0.616. The molecule has 1 aliphatic rings. The molecule has 1 N–H and O–H groups in total. The summed E-state index contributed by atoms with van der Waals surface area (Å²) in [6.45, 7) is 7.44. The van der Waals surface area contributed by atoms with Gasteiger partial charge < -0.3 is 10.1 Å². The van der Waals surface area contributed by atoms with Crippen molar-refractivity contribution in [2.45, 2.75) is 58.1 Å². The first kappa shape index (κ1) is 14.5. The molecule has 1 atom stereocenters. The average molecular weight is 261 g/mol. The molecule has 0 aromatic heterocycles. The zero-order valence-corrected chi connectivity index (χ0v) is 12.3. The Labute approximate surface area is 117 Å². The summed E-state index contributed by atoms with van der Waals surface area (Å²) in [6.07, 6.45) is 5.45. The van der Waals surface area contributed by atoms with Crippen LogP contribution in [0.4, 0.5) is 0 Å². The largest absolute Gasteiger partial charge is 0.378 e. The SMILES string of the molecule is CC(C)c1ccc(CNCCC2CCCCO2)cc1. The van der Waals surface area contributed by atoms with Crippen LogP contribution >= 0.6 is 0 Å². The third kappa shape index (κ3) is 4.96. The second-order valence-electron chi connectivity index (χ2n) is 5.85. The summed E-state index contributed by atoms with van der Waals surface area (Å²) in [5, 5.41) is 3.52. The highest BCUT2D eigenvalue weighted by atomic mass is 16.5.